The number of anilines is 2. The second-order valence-electron chi connectivity index (χ2n) is 4.44. The van der Waals surface area contributed by atoms with Crippen LogP contribution in [-0.2, 0) is 9.59 Å². The van der Waals surface area contributed by atoms with Crippen LogP contribution < -0.4 is 15.8 Å². The molecular formula is C12H12F3N3O3. The van der Waals surface area contributed by atoms with Crippen LogP contribution in [0.2, 0.25) is 0 Å². The van der Waals surface area contributed by atoms with Gasteiger partial charge in [0, 0.05) is 19.2 Å². The molecule has 1 aliphatic rings. The zero-order valence-corrected chi connectivity index (χ0v) is 10.9. The molecule has 1 aromatic carbocycles. The highest BCUT2D eigenvalue weighted by molar-refractivity contribution is 6.06. The van der Waals surface area contributed by atoms with Crippen molar-refractivity contribution in [3.63, 3.8) is 0 Å². The fraction of sp³-hybridized carbons (Fsp3) is 0.333. The molecule has 9 heteroatoms. The van der Waals surface area contributed by atoms with Gasteiger partial charge in [0.2, 0.25) is 5.91 Å². The average Bonchev–Trinajstić information content (AvgIpc) is 2.62. The minimum atomic E-state index is -3.20. The van der Waals surface area contributed by atoms with Crippen molar-refractivity contribution in [2.45, 2.75) is 19.1 Å². The van der Waals surface area contributed by atoms with Gasteiger partial charge in [-0.2, -0.15) is 8.78 Å². The lowest BCUT2D eigenvalue weighted by molar-refractivity contribution is -0.136. The molecule has 3 N–H and O–H groups in total. The molecule has 1 aliphatic heterocycles. The van der Waals surface area contributed by atoms with Crippen LogP contribution in [0.5, 0.6) is 5.75 Å². The normalized spacial score (nSPS) is 18.5. The van der Waals surface area contributed by atoms with Crippen molar-refractivity contribution in [2.24, 2.45) is 0 Å². The standard InChI is InChI=1S/C12H12F3N3O3/c1-18-10(19)4-8(11(18)20)17-7-3-9(21-12(14)15)5(13)2-6(7)16/h2-3,8,12,17H,4,16H2,1H3. The summed E-state index contributed by atoms with van der Waals surface area (Å²) in [5, 5.41) is 2.63. The average molecular weight is 303 g/mol. The zero-order valence-electron chi connectivity index (χ0n) is 10.9. The number of nitrogens with zero attached hydrogens (tertiary/aromatic N) is 1. The number of imide groups is 1. The summed E-state index contributed by atoms with van der Waals surface area (Å²) in [6.07, 6.45) is -0.100. The largest absolute Gasteiger partial charge is 0.432 e. The van der Waals surface area contributed by atoms with E-state index in [0.29, 0.717) is 0 Å². The molecular weight excluding hydrogens is 291 g/mol. The topological polar surface area (TPSA) is 84.7 Å². The van der Waals surface area contributed by atoms with Crippen LogP contribution in [0.4, 0.5) is 24.5 Å². The van der Waals surface area contributed by atoms with Gasteiger partial charge in [0.05, 0.1) is 17.8 Å². The van der Waals surface area contributed by atoms with Crippen LogP contribution in [-0.4, -0.2) is 36.4 Å². The molecule has 1 atom stereocenters. The summed E-state index contributed by atoms with van der Waals surface area (Å²) in [4.78, 5) is 24.1. The first-order valence-electron chi connectivity index (χ1n) is 5.90. The van der Waals surface area contributed by atoms with Crippen molar-refractivity contribution < 1.29 is 27.5 Å². The maximum Gasteiger partial charge on any atom is 0.387 e. The molecule has 0 saturated carbocycles. The van der Waals surface area contributed by atoms with Crippen molar-refractivity contribution in [3.8, 4) is 5.75 Å². The van der Waals surface area contributed by atoms with E-state index in [-0.39, 0.29) is 23.7 Å². The predicted octanol–water partition coefficient (Wildman–Crippen LogP) is 1.18. The first-order valence-corrected chi connectivity index (χ1v) is 5.90. The van der Waals surface area contributed by atoms with Crippen molar-refractivity contribution in [2.75, 3.05) is 18.1 Å². The lowest BCUT2D eigenvalue weighted by atomic mass is 10.2. The number of hydrogen-bond donors (Lipinski definition) is 2. The van der Waals surface area contributed by atoms with Gasteiger partial charge in [0.15, 0.2) is 11.6 Å². The summed E-state index contributed by atoms with van der Waals surface area (Å²) in [5.74, 6) is -2.63. The number of likely N-dealkylation sites (tertiary alicyclic amines) is 1. The number of rotatable bonds is 4. The van der Waals surface area contributed by atoms with Gasteiger partial charge in [0.1, 0.15) is 6.04 Å². The number of likely N-dealkylation sites (N-methyl/N-ethyl adjacent to an activating group) is 1. The summed E-state index contributed by atoms with van der Waals surface area (Å²) in [5.41, 5.74) is 5.50. The third-order valence-corrected chi connectivity index (χ3v) is 3.03. The fourth-order valence-electron chi connectivity index (χ4n) is 1.94. The number of alkyl halides is 2. The third kappa shape index (κ3) is 3.01. The zero-order chi connectivity index (χ0) is 15.7. The molecule has 0 aromatic heterocycles. The van der Waals surface area contributed by atoms with E-state index in [2.05, 4.69) is 10.1 Å². The molecule has 1 fully saturated rings. The Hall–Kier alpha value is -2.45. The Kier molecular flexibility index (Phi) is 3.92. The molecule has 0 aliphatic carbocycles. The third-order valence-electron chi connectivity index (χ3n) is 3.03. The van der Waals surface area contributed by atoms with Gasteiger partial charge >= 0.3 is 6.61 Å². The number of benzene rings is 1. The minimum Gasteiger partial charge on any atom is -0.432 e. The monoisotopic (exact) mass is 303 g/mol. The second kappa shape index (κ2) is 5.51. The number of halogens is 3. The molecule has 1 saturated heterocycles. The number of amides is 2. The van der Waals surface area contributed by atoms with Gasteiger partial charge in [-0.1, -0.05) is 0 Å². The van der Waals surface area contributed by atoms with Crippen LogP contribution >= 0.6 is 0 Å². The number of hydrogen-bond acceptors (Lipinski definition) is 5. The summed E-state index contributed by atoms with van der Waals surface area (Å²) in [6, 6.07) is 0.840. The Morgan fingerprint density at radius 1 is 1.43 bits per heavy atom. The van der Waals surface area contributed by atoms with Crippen LogP contribution in [0.1, 0.15) is 6.42 Å². The molecule has 1 aromatic rings. The summed E-state index contributed by atoms with van der Waals surface area (Å²) in [7, 11) is 1.33. The van der Waals surface area contributed by atoms with E-state index in [1.807, 2.05) is 0 Å². The molecule has 114 valence electrons. The SMILES string of the molecule is CN1C(=O)CC(Nc2cc(OC(F)F)c(F)cc2N)C1=O. The molecule has 2 rings (SSSR count). The van der Waals surface area contributed by atoms with E-state index in [1.54, 1.807) is 0 Å². The molecule has 0 bridgehead atoms. The number of carbonyl (C=O) groups is 2. The van der Waals surface area contributed by atoms with Gasteiger partial charge in [-0.15, -0.1) is 0 Å². The second-order valence-corrected chi connectivity index (χ2v) is 4.44. The minimum absolute atomic E-state index is 0.0356. The van der Waals surface area contributed by atoms with Crippen molar-refractivity contribution >= 4 is 23.2 Å². The molecule has 21 heavy (non-hydrogen) atoms. The van der Waals surface area contributed by atoms with Gasteiger partial charge in [-0.25, -0.2) is 4.39 Å². The highest BCUT2D eigenvalue weighted by Gasteiger charge is 2.36. The lowest BCUT2D eigenvalue weighted by Crippen LogP contribution is -2.32. The Balaban J connectivity index is 2.24. The van der Waals surface area contributed by atoms with E-state index in [9.17, 15) is 22.8 Å². The van der Waals surface area contributed by atoms with Gasteiger partial charge in [0.25, 0.3) is 5.91 Å². The highest BCUT2D eigenvalue weighted by Crippen LogP contribution is 2.30. The Morgan fingerprint density at radius 3 is 2.62 bits per heavy atom. The summed E-state index contributed by atoms with van der Waals surface area (Å²) in [6.45, 7) is -3.20. The Morgan fingerprint density at radius 2 is 2.10 bits per heavy atom. The molecule has 1 heterocycles. The van der Waals surface area contributed by atoms with Crippen molar-refractivity contribution in [1.82, 2.24) is 4.90 Å². The number of ether oxygens (including phenoxy) is 1. The van der Waals surface area contributed by atoms with E-state index in [0.717, 1.165) is 17.0 Å². The van der Waals surface area contributed by atoms with Gasteiger partial charge in [-0.05, 0) is 0 Å². The van der Waals surface area contributed by atoms with Crippen molar-refractivity contribution in [1.29, 1.82) is 0 Å². The van der Waals surface area contributed by atoms with Crippen LogP contribution in [0, 0.1) is 5.82 Å². The number of nitrogen functional groups attached to an aromatic ring is 1. The molecule has 1 unspecified atom stereocenters. The summed E-state index contributed by atoms with van der Waals surface area (Å²) >= 11 is 0. The fourth-order valence-corrected chi connectivity index (χ4v) is 1.94. The Bertz CT molecular complexity index is 595. The van der Waals surface area contributed by atoms with E-state index >= 15 is 0 Å². The van der Waals surface area contributed by atoms with Gasteiger partial charge < -0.3 is 15.8 Å². The van der Waals surface area contributed by atoms with Crippen molar-refractivity contribution in [3.05, 3.63) is 17.9 Å². The number of nitrogens with one attached hydrogen (secondary N) is 1. The highest BCUT2D eigenvalue weighted by atomic mass is 19.3. The smallest absolute Gasteiger partial charge is 0.387 e. The molecule has 2 amide bonds. The lowest BCUT2D eigenvalue weighted by Gasteiger charge is -2.16. The molecule has 0 spiro atoms. The number of nitrogens with two attached hydrogens (primary N) is 1. The Labute approximate surface area is 117 Å². The van der Waals surface area contributed by atoms with E-state index in [1.165, 1.54) is 7.05 Å². The quantitative estimate of drug-likeness (QED) is 0.644. The molecule has 6 nitrogen and oxygen atoms in total. The first kappa shape index (κ1) is 14.9. The molecule has 0 radical (unpaired) electrons. The number of carbonyl (C=O) groups excluding carboxylic acids is 2. The maximum atomic E-state index is 13.4. The maximum absolute atomic E-state index is 13.4. The van der Waals surface area contributed by atoms with E-state index in [4.69, 9.17) is 5.73 Å². The van der Waals surface area contributed by atoms with Crippen LogP contribution in [0.15, 0.2) is 12.1 Å². The van der Waals surface area contributed by atoms with Crippen LogP contribution in [0.3, 0.4) is 0 Å². The predicted molar refractivity (Wildman–Crippen MR) is 67.2 cm³/mol. The summed E-state index contributed by atoms with van der Waals surface area (Å²) < 4.78 is 41.7. The van der Waals surface area contributed by atoms with E-state index < -0.39 is 30.1 Å². The van der Waals surface area contributed by atoms with Gasteiger partial charge in [-0.3, -0.25) is 14.5 Å². The van der Waals surface area contributed by atoms with Crippen LogP contribution in [0.25, 0.3) is 0 Å². The first-order chi connectivity index (χ1) is 9.79.